The number of carbonyl (C=O) groups excluding carboxylic acids is 1. The van der Waals surface area contributed by atoms with Crippen LogP contribution in [0.1, 0.15) is 20.2 Å². The highest BCUT2D eigenvalue weighted by atomic mass is 35.5. The van der Waals surface area contributed by atoms with Crippen molar-refractivity contribution < 1.29 is 13.2 Å². The van der Waals surface area contributed by atoms with Crippen LogP contribution in [0.5, 0.6) is 0 Å². The summed E-state index contributed by atoms with van der Waals surface area (Å²) in [4.78, 5) is 18.3. The quantitative estimate of drug-likeness (QED) is 0.669. The molecule has 0 atom stereocenters. The first-order chi connectivity index (χ1) is 12.9. The van der Waals surface area contributed by atoms with Crippen LogP contribution in [0.15, 0.2) is 47.4 Å². The van der Waals surface area contributed by atoms with Gasteiger partial charge in [-0.2, -0.15) is 4.31 Å². The van der Waals surface area contributed by atoms with Crippen LogP contribution in [0.25, 0.3) is 0 Å². The second-order valence-corrected chi connectivity index (χ2v) is 10.6. The van der Waals surface area contributed by atoms with E-state index in [1.807, 2.05) is 0 Å². The number of fused-ring (bicyclic) bond motifs is 1. The van der Waals surface area contributed by atoms with E-state index < -0.39 is 10.0 Å². The van der Waals surface area contributed by atoms with Crippen LogP contribution in [0.2, 0.25) is 4.34 Å². The fourth-order valence-corrected chi connectivity index (χ4v) is 6.24. The Morgan fingerprint density at radius 2 is 1.93 bits per heavy atom. The lowest BCUT2D eigenvalue weighted by atomic mass is 10.2. The standard InChI is InChI=1S/C17H14ClN3O3S3/c18-15-7-6-13(25-15)16(22)20-17-19-12-8-9-21(10-14(12)26-17)27(23,24)11-4-2-1-3-5-11/h1-7H,8-10H2,(H,19,20,22). The zero-order valence-corrected chi connectivity index (χ0v) is 17.1. The minimum Gasteiger partial charge on any atom is -0.297 e. The predicted octanol–water partition coefficient (Wildman–Crippen LogP) is 3.86. The number of amides is 1. The first-order valence-electron chi connectivity index (χ1n) is 8.04. The van der Waals surface area contributed by atoms with Crippen molar-refractivity contribution >= 4 is 55.3 Å². The van der Waals surface area contributed by atoms with Gasteiger partial charge in [0, 0.05) is 17.8 Å². The Kier molecular flexibility index (Phi) is 5.04. The Hall–Kier alpha value is -1.78. The number of thiazole rings is 1. The largest absolute Gasteiger partial charge is 0.297 e. The summed E-state index contributed by atoms with van der Waals surface area (Å²) in [5.74, 6) is -0.272. The van der Waals surface area contributed by atoms with E-state index in [0.29, 0.717) is 27.3 Å². The van der Waals surface area contributed by atoms with E-state index in [0.717, 1.165) is 10.6 Å². The van der Waals surface area contributed by atoms with Crippen LogP contribution >= 0.6 is 34.3 Å². The lowest BCUT2D eigenvalue weighted by Gasteiger charge is -2.25. The molecule has 0 saturated carbocycles. The molecule has 0 spiro atoms. The van der Waals surface area contributed by atoms with Crippen molar-refractivity contribution in [2.75, 3.05) is 11.9 Å². The van der Waals surface area contributed by atoms with Crippen molar-refractivity contribution in [1.29, 1.82) is 0 Å². The molecule has 140 valence electrons. The van der Waals surface area contributed by atoms with Crippen LogP contribution in [0, 0.1) is 0 Å². The molecule has 1 aliphatic rings. The number of halogens is 1. The lowest BCUT2D eigenvalue weighted by molar-refractivity contribution is 0.103. The molecule has 3 heterocycles. The Morgan fingerprint density at radius 3 is 2.63 bits per heavy atom. The van der Waals surface area contributed by atoms with E-state index >= 15 is 0 Å². The van der Waals surface area contributed by atoms with Crippen LogP contribution < -0.4 is 5.32 Å². The van der Waals surface area contributed by atoms with Gasteiger partial charge in [-0.3, -0.25) is 10.1 Å². The Morgan fingerprint density at radius 1 is 1.15 bits per heavy atom. The molecule has 0 fully saturated rings. The van der Waals surface area contributed by atoms with E-state index in [1.165, 1.54) is 27.0 Å². The minimum atomic E-state index is -3.55. The topological polar surface area (TPSA) is 79.4 Å². The number of sulfonamides is 1. The third-order valence-corrected chi connectivity index (χ3v) is 8.18. The number of hydrogen-bond acceptors (Lipinski definition) is 6. The van der Waals surface area contributed by atoms with Gasteiger partial charge in [-0.15, -0.1) is 22.7 Å². The van der Waals surface area contributed by atoms with Gasteiger partial charge in [0.1, 0.15) is 0 Å². The smallest absolute Gasteiger partial charge is 0.267 e. The Bertz CT molecular complexity index is 1090. The zero-order valence-electron chi connectivity index (χ0n) is 13.9. The molecular weight excluding hydrogens is 426 g/mol. The molecule has 1 N–H and O–H groups in total. The number of carbonyl (C=O) groups is 1. The third-order valence-electron chi connectivity index (χ3n) is 4.09. The van der Waals surface area contributed by atoms with Gasteiger partial charge in [0.15, 0.2) is 5.13 Å². The molecule has 6 nitrogen and oxygen atoms in total. The summed E-state index contributed by atoms with van der Waals surface area (Å²) in [7, 11) is -3.55. The molecule has 0 radical (unpaired) electrons. The molecule has 1 aromatic carbocycles. The van der Waals surface area contributed by atoms with Gasteiger partial charge in [-0.25, -0.2) is 13.4 Å². The molecule has 0 aliphatic carbocycles. The Balaban J connectivity index is 1.52. The third kappa shape index (κ3) is 3.78. The molecule has 1 amide bonds. The van der Waals surface area contributed by atoms with Crippen LogP contribution in [-0.2, 0) is 23.0 Å². The number of hydrogen-bond donors (Lipinski definition) is 1. The van der Waals surface area contributed by atoms with Crippen molar-refractivity contribution in [3.05, 3.63) is 62.2 Å². The number of nitrogens with one attached hydrogen (secondary N) is 1. The van der Waals surface area contributed by atoms with Crippen molar-refractivity contribution in [1.82, 2.24) is 9.29 Å². The van der Waals surface area contributed by atoms with Crippen LogP contribution in [0.3, 0.4) is 0 Å². The minimum absolute atomic E-state index is 0.255. The summed E-state index contributed by atoms with van der Waals surface area (Å²) in [6.45, 7) is 0.618. The molecule has 3 aromatic rings. The van der Waals surface area contributed by atoms with Gasteiger partial charge in [-0.05, 0) is 24.3 Å². The SMILES string of the molecule is O=C(Nc1nc2c(s1)CN(S(=O)(=O)c1ccccc1)CC2)c1ccc(Cl)s1. The number of thiophene rings is 1. The highest BCUT2D eigenvalue weighted by Gasteiger charge is 2.30. The molecule has 0 unspecified atom stereocenters. The first-order valence-corrected chi connectivity index (χ1v) is 11.5. The predicted molar refractivity (Wildman–Crippen MR) is 107 cm³/mol. The van der Waals surface area contributed by atoms with E-state index in [1.54, 1.807) is 42.5 Å². The van der Waals surface area contributed by atoms with Gasteiger partial charge >= 0.3 is 0 Å². The van der Waals surface area contributed by atoms with E-state index in [4.69, 9.17) is 11.6 Å². The van der Waals surface area contributed by atoms with E-state index in [-0.39, 0.29) is 17.3 Å². The van der Waals surface area contributed by atoms with E-state index in [9.17, 15) is 13.2 Å². The van der Waals surface area contributed by atoms with Gasteiger partial charge in [-0.1, -0.05) is 29.8 Å². The summed E-state index contributed by atoms with van der Waals surface area (Å²) < 4.78 is 27.6. The normalized spacial score (nSPS) is 14.7. The first kappa shape index (κ1) is 18.6. The zero-order chi connectivity index (χ0) is 19.0. The summed E-state index contributed by atoms with van der Waals surface area (Å²) in [6.07, 6.45) is 0.512. The lowest BCUT2D eigenvalue weighted by Crippen LogP contribution is -2.35. The number of benzene rings is 1. The molecule has 4 rings (SSSR count). The van der Waals surface area contributed by atoms with Crippen molar-refractivity contribution in [2.45, 2.75) is 17.9 Å². The van der Waals surface area contributed by atoms with Crippen molar-refractivity contribution in [2.24, 2.45) is 0 Å². The van der Waals surface area contributed by atoms with Crippen molar-refractivity contribution in [3.63, 3.8) is 0 Å². The summed E-state index contributed by atoms with van der Waals surface area (Å²) in [5, 5.41) is 3.23. The van der Waals surface area contributed by atoms with Gasteiger partial charge in [0.25, 0.3) is 5.91 Å². The van der Waals surface area contributed by atoms with Crippen molar-refractivity contribution in [3.8, 4) is 0 Å². The molecule has 2 aromatic heterocycles. The molecule has 27 heavy (non-hydrogen) atoms. The highest BCUT2D eigenvalue weighted by molar-refractivity contribution is 7.89. The van der Waals surface area contributed by atoms with Crippen LogP contribution in [0.4, 0.5) is 5.13 Å². The van der Waals surface area contributed by atoms with Crippen LogP contribution in [-0.4, -0.2) is 30.2 Å². The van der Waals surface area contributed by atoms with Gasteiger partial charge in [0.05, 0.1) is 26.3 Å². The number of nitrogens with zero attached hydrogens (tertiary/aromatic N) is 2. The summed E-state index contributed by atoms with van der Waals surface area (Å²) in [6, 6.07) is 11.7. The molecule has 10 heteroatoms. The average Bonchev–Trinajstić information content (AvgIpc) is 3.27. The summed E-state index contributed by atoms with van der Waals surface area (Å²) in [5.41, 5.74) is 0.832. The number of aromatic nitrogens is 1. The average molecular weight is 440 g/mol. The highest BCUT2D eigenvalue weighted by Crippen LogP contribution is 2.31. The molecule has 0 saturated heterocycles. The number of anilines is 1. The maximum Gasteiger partial charge on any atom is 0.267 e. The summed E-state index contributed by atoms with van der Waals surface area (Å²) >= 11 is 8.36. The fourth-order valence-electron chi connectivity index (χ4n) is 2.77. The Labute approximate surface area is 169 Å². The molecule has 0 bridgehead atoms. The van der Waals surface area contributed by atoms with E-state index in [2.05, 4.69) is 10.3 Å². The maximum absolute atomic E-state index is 12.8. The fraction of sp³-hybridized carbons (Fsp3) is 0.176. The van der Waals surface area contributed by atoms with Gasteiger partial charge < -0.3 is 0 Å². The number of rotatable bonds is 4. The maximum atomic E-state index is 12.8. The second kappa shape index (κ2) is 7.33. The van der Waals surface area contributed by atoms with Gasteiger partial charge in [0.2, 0.25) is 10.0 Å². The molecular formula is C17H14ClN3O3S3. The molecule has 1 aliphatic heterocycles. The second-order valence-electron chi connectivity index (χ2n) is 5.85. The monoisotopic (exact) mass is 439 g/mol.